The summed E-state index contributed by atoms with van der Waals surface area (Å²) >= 11 is 0. The molecule has 0 aliphatic heterocycles. The molecule has 2 rings (SSSR count). The SMILES string of the molecule is CNC(=O)c1cccc(NCc2ccncc2)c1C. The van der Waals surface area contributed by atoms with Crippen molar-refractivity contribution in [3.8, 4) is 0 Å². The van der Waals surface area contributed by atoms with Crippen LogP contribution in [-0.4, -0.2) is 17.9 Å². The van der Waals surface area contributed by atoms with Crippen molar-refractivity contribution in [2.24, 2.45) is 0 Å². The lowest BCUT2D eigenvalue weighted by molar-refractivity contribution is 0.0962. The third-order valence-corrected chi connectivity index (χ3v) is 3.04. The van der Waals surface area contributed by atoms with Crippen LogP contribution in [0.25, 0.3) is 0 Å². The van der Waals surface area contributed by atoms with E-state index in [-0.39, 0.29) is 5.91 Å². The number of carbonyl (C=O) groups excluding carboxylic acids is 1. The molecule has 19 heavy (non-hydrogen) atoms. The lowest BCUT2D eigenvalue weighted by Gasteiger charge is -2.12. The third kappa shape index (κ3) is 3.10. The maximum Gasteiger partial charge on any atom is 0.251 e. The molecule has 2 N–H and O–H groups in total. The molecule has 0 aliphatic carbocycles. The van der Waals surface area contributed by atoms with Crippen LogP contribution in [0.4, 0.5) is 5.69 Å². The minimum Gasteiger partial charge on any atom is -0.381 e. The molecule has 1 aromatic heterocycles. The Morgan fingerprint density at radius 3 is 2.63 bits per heavy atom. The first kappa shape index (κ1) is 13.1. The zero-order valence-electron chi connectivity index (χ0n) is 11.1. The Labute approximate surface area is 112 Å². The Morgan fingerprint density at radius 2 is 1.95 bits per heavy atom. The van der Waals surface area contributed by atoms with E-state index in [9.17, 15) is 4.79 Å². The summed E-state index contributed by atoms with van der Waals surface area (Å²) in [6.07, 6.45) is 3.54. The Balaban J connectivity index is 2.15. The number of benzene rings is 1. The summed E-state index contributed by atoms with van der Waals surface area (Å²) in [5.74, 6) is -0.0648. The van der Waals surface area contributed by atoms with Crippen molar-refractivity contribution in [1.29, 1.82) is 0 Å². The number of anilines is 1. The molecule has 0 radical (unpaired) electrons. The summed E-state index contributed by atoms with van der Waals surface area (Å²) < 4.78 is 0. The van der Waals surface area contributed by atoms with Gasteiger partial charge in [0.1, 0.15) is 0 Å². The number of nitrogens with one attached hydrogen (secondary N) is 2. The molecular formula is C15H17N3O. The van der Waals surface area contributed by atoms with Gasteiger partial charge in [-0.1, -0.05) is 6.07 Å². The first-order valence-corrected chi connectivity index (χ1v) is 6.17. The van der Waals surface area contributed by atoms with Crippen LogP contribution >= 0.6 is 0 Å². The molecule has 0 aliphatic rings. The van der Waals surface area contributed by atoms with E-state index in [1.807, 2.05) is 37.3 Å². The van der Waals surface area contributed by atoms with Crippen LogP contribution < -0.4 is 10.6 Å². The van der Waals surface area contributed by atoms with E-state index in [0.717, 1.165) is 16.8 Å². The van der Waals surface area contributed by atoms with Gasteiger partial charge in [0.05, 0.1) is 0 Å². The fourth-order valence-corrected chi connectivity index (χ4v) is 1.91. The van der Waals surface area contributed by atoms with Gasteiger partial charge in [-0.3, -0.25) is 9.78 Å². The number of nitrogens with zero attached hydrogens (tertiary/aromatic N) is 1. The van der Waals surface area contributed by atoms with Crippen LogP contribution in [0.2, 0.25) is 0 Å². The number of pyridine rings is 1. The average molecular weight is 255 g/mol. The molecular weight excluding hydrogens is 238 g/mol. The molecule has 0 bridgehead atoms. The summed E-state index contributed by atoms with van der Waals surface area (Å²) in [4.78, 5) is 15.7. The second-order valence-corrected chi connectivity index (χ2v) is 4.27. The van der Waals surface area contributed by atoms with Crippen molar-refractivity contribution < 1.29 is 4.79 Å². The van der Waals surface area contributed by atoms with Gasteiger partial charge in [-0.25, -0.2) is 0 Å². The zero-order valence-corrected chi connectivity index (χ0v) is 11.1. The van der Waals surface area contributed by atoms with Crippen molar-refractivity contribution in [2.75, 3.05) is 12.4 Å². The highest BCUT2D eigenvalue weighted by Gasteiger charge is 2.09. The van der Waals surface area contributed by atoms with Gasteiger partial charge in [0.25, 0.3) is 5.91 Å². The Hall–Kier alpha value is -2.36. The van der Waals surface area contributed by atoms with Crippen LogP contribution in [0.5, 0.6) is 0 Å². The highest BCUT2D eigenvalue weighted by atomic mass is 16.1. The normalized spacial score (nSPS) is 10.0. The number of hydrogen-bond acceptors (Lipinski definition) is 3. The molecule has 0 unspecified atom stereocenters. The molecule has 0 spiro atoms. The fourth-order valence-electron chi connectivity index (χ4n) is 1.91. The van der Waals surface area contributed by atoms with E-state index in [1.165, 1.54) is 0 Å². The first-order valence-electron chi connectivity index (χ1n) is 6.17. The molecule has 0 atom stereocenters. The van der Waals surface area contributed by atoms with Gasteiger partial charge in [-0.05, 0) is 42.3 Å². The molecule has 0 saturated carbocycles. The summed E-state index contributed by atoms with van der Waals surface area (Å²) in [7, 11) is 1.64. The van der Waals surface area contributed by atoms with E-state index in [4.69, 9.17) is 0 Å². The highest BCUT2D eigenvalue weighted by Crippen LogP contribution is 2.19. The van der Waals surface area contributed by atoms with Crippen LogP contribution in [0.3, 0.4) is 0 Å². The quantitative estimate of drug-likeness (QED) is 0.881. The lowest BCUT2D eigenvalue weighted by atomic mass is 10.1. The number of aromatic nitrogens is 1. The summed E-state index contributed by atoms with van der Waals surface area (Å²) in [6.45, 7) is 2.65. The lowest BCUT2D eigenvalue weighted by Crippen LogP contribution is -2.19. The molecule has 2 aromatic rings. The van der Waals surface area contributed by atoms with Gasteiger partial charge >= 0.3 is 0 Å². The Bertz CT molecular complexity index is 567. The summed E-state index contributed by atoms with van der Waals surface area (Å²) in [6, 6.07) is 9.61. The van der Waals surface area contributed by atoms with Crippen molar-refractivity contribution >= 4 is 11.6 Å². The van der Waals surface area contributed by atoms with Gasteiger partial charge in [0.15, 0.2) is 0 Å². The Kier molecular flexibility index (Phi) is 4.13. The molecule has 98 valence electrons. The average Bonchev–Trinajstić information content (AvgIpc) is 2.46. The topological polar surface area (TPSA) is 54.0 Å². The molecule has 0 fully saturated rings. The van der Waals surface area contributed by atoms with Gasteiger partial charge in [-0.15, -0.1) is 0 Å². The monoisotopic (exact) mass is 255 g/mol. The molecule has 1 heterocycles. The molecule has 0 saturated heterocycles. The van der Waals surface area contributed by atoms with E-state index < -0.39 is 0 Å². The summed E-state index contributed by atoms with van der Waals surface area (Å²) in [5, 5.41) is 5.99. The van der Waals surface area contributed by atoms with Crippen LogP contribution in [0.15, 0.2) is 42.7 Å². The summed E-state index contributed by atoms with van der Waals surface area (Å²) in [5.41, 5.74) is 3.77. The van der Waals surface area contributed by atoms with E-state index >= 15 is 0 Å². The number of carbonyl (C=O) groups is 1. The van der Waals surface area contributed by atoms with Crippen molar-refractivity contribution in [3.63, 3.8) is 0 Å². The number of rotatable bonds is 4. The first-order chi connectivity index (χ1) is 9.22. The number of amides is 1. The molecule has 4 heteroatoms. The Morgan fingerprint density at radius 1 is 1.21 bits per heavy atom. The van der Waals surface area contributed by atoms with Crippen LogP contribution in [0, 0.1) is 6.92 Å². The molecule has 1 aromatic carbocycles. The maximum atomic E-state index is 11.7. The van der Waals surface area contributed by atoms with Crippen LogP contribution in [-0.2, 0) is 6.54 Å². The maximum absolute atomic E-state index is 11.7. The van der Waals surface area contributed by atoms with Crippen molar-refractivity contribution in [3.05, 3.63) is 59.4 Å². The third-order valence-electron chi connectivity index (χ3n) is 3.04. The van der Waals surface area contributed by atoms with Gasteiger partial charge < -0.3 is 10.6 Å². The van der Waals surface area contributed by atoms with Crippen LogP contribution in [0.1, 0.15) is 21.5 Å². The van der Waals surface area contributed by atoms with Gasteiger partial charge in [0, 0.05) is 37.2 Å². The predicted octanol–water partition coefficient (Wildman–Crippen LogP) is 2.36. The van der Waals surface area contributed by atoms with Gasteiger partial charge in [0.2, 0.25) is 0 Å². The standard InChI is InChI=1S/C15H17N3O/c1-11-13(15(19)16-2)4-3-5-14(11)18-10-12-6-8-17-9-7-12/h3-9,18H,10H2,1-2H3,(H,16,19). The molecule has 4 nitrogen and oxygen atoms in total. The van der Waals surface area contributed by atoms with Gasteiger partial charge in [-0.2, -0.15) is 0 Å². The second-order valence-electron chi connectivity index (χ2n) is 4.27. The van der Waals surface area contributed by atoms with Crippen molar-refractivity contribution in [1.82, 2.24) is 10.3 Å². The fraction of sp³-hybridized carbons (Fsp3) is 0.200. The minimum atomic E-state index is -0.0648. The largest absolute Gasteiger partial charge is 0.381 e. The van der Waals surface area contributed by atoms with E-state index in [1.54, 1.807) is 19.4 Å². The number of hydrogen-bond donors (Lipinski definition) is 2. The molecule has 1 amide bonds. The smallest absolute Gasteiger partial charge is 0.251 e. The van der Waals surface area contributed by atoms with E-state index in [2.05, 4.69) is 15.6 Å². The predicted molar refractivity (Wildman–Crippen MR) is 76.1 cm³/mol. The van der Waals surface area contributed by atoms with E-state index in [0.29, 0.717) is 12.1 Å². The second kappa shape index (κ2) is 6.00. The van der Waals surface area contributed by atoms with Crippen molar-refractivity contribution in [2.45, 2.75) is 13.5 Å². The minimum absolute atomic E-state index is 0.0648. The zero-order chi connectivity index (χ0) is 13.7. The highest BCUT2D eigenvalue weighted by molar-refractivity contribution is 5.96.